The summed E-state index contributed by atoms with van der Waals surface area (Å²) in [5.41, 5.74) is 6.57. The van der Waals surface area contributed by atoms with E-state index in [4.69, 9.17) is 5.73 Å². The Bertz CT molecular complexity index is 961. The molecule has 2 aromatic rings. The number of hydrogen-bond acceptors (Lipinski definition) is 5. The highest BCUT2D eigenvalue weighted by Crippen LogP contribution is 2.34. The highest BCUT2D eigenvalue weighted by Gasteiger charge is 2.32. The Morgan fingerprint density at radius 3 is 2.52 bits per heavy atom. The van der Waals surface area contributed by atoms with E-state index in [1.54, 1.807) is 9.47 Å². The molecule has 0 saturated heterocycles. The molecule has 0 unspecified atom stereocenters. The Morgan fingerprint density at radius 2 is 1.93 bits per heavy atom. The number of alkyl halides is 3. The van der Waals surface area contributed by atoms with E-state index in [1.165, 1.54) is 12.1 Å². The molecule has 10 heteroatoms. The van der Waals surface area contributed by atoms with E-state index in [0.717, 1.165) is 31.4 Å². The van der Waals surface area contributed by atoms with Crippen LogP contribution in [0.25, 0.3) is 0 Å². The van der Waals surface area contributed by atoms with Gasteiger partial charge in [0.2, 0.25) is 11.8 Å². The van der Waals surface area contributed by atoms with Crippen molar-refractivity contribution in [3.63, 3.8) is 0 Å². The average Bonchev–Trinajstić information content (AvgIpc) is 3.44. The molecule has 2 aliphatic rings. The van der Waals surface area contributed by atoms with Gasteiger partial charge in [-0.15, -0.1) is 0 Å². The van der Waals surface area contributed by atoms with Crippen molar-refractivity contribution in [2.75, 3.05) is 12.3 Å². The van der Waals surface area contributed by atoms with E-state index in [0.29, 0.717) is 23.7 Å². The van der Waals surface area contributed by atoms with Gasteiger partial charge in [0.15, 0.2) is 5.82 Å². The predicted molar refractivity (Wildman–Crippen MR) is 99.7 cm³/mol. The van der Waals surface area contributed by atoms with Gasteiger partial charge in [0.1, 0.15) is 0 Å². The lowest BCUT2D eigenvalue weighted by molar-refractivity contribution is -0.137. The Kier molecular flexibility index (Phi) is 4.71. The molecule has 1 aromatic carbocycles. The minimum atomic E-state index is -4.39. The van der Waals surface area contributed by atoms with Gasteiger partial charge >= 0.3 is 12.1 Å². The molecule has 4 rings (SSSR count). The monoisotopic (exact) mass is 407 g/mol. The normalized spacial score (nSPS) is 16.5. The maximum absolute atomic E-state index is 12.8. The van der Waals surface area contributed by atoms with E-state index in [9.17, 15) is 23.1 Å². The van der Waals surface area contributed by atoms with Gasteiger partial charge in [0, 0.05) is 6.54 Å². The van der Waals surface area contributed by atoms with Crippen LogP contribution in [-0.2, 0) is 24.1 Å². The molecule has 0 amide bonds. The third kappa shape index (κ3) is 4.06. The molecule has 1 fully saturated rings. The Hall–Kier alpha value is -3.04. The van der Waals surface area contributed by atoms with E-state index in [2.05, 4.69) is 9.98 Å². The number of benzene rings is 1. The lowest BCUT2D eigenvalue weighted by Crippen LogP contribution is -2.39. The molecule has 154 valence electrons. The van der Waals surface area contributed by atoms with Gasteiger partial charge in [-0.3, -0.25) is 0 Å². The van der Waals surface area contributed by atoms with E-state index in [1.807, 2.05) is 0 Å². The standard InChI is InChI=1S/C19H20F3N5O2/c20-19(21,22)13-5-3-12(4-6-13)9-27-14-10-26(8-7-11-1-2-11)16(17(28)29)24-15(14)25-18(27)23/h3-6,11H,1-2,7-10H2,(H2,23,25)(H,28,29). The van der Waals surface area contributed by atoms with Crippen LogP contribution in [0.3, 0.4) is 0 Å². The van der Waals surface area contributed by atoms with Crippen LogP contribution in [0.1, 0.15) is 36.1 Å². The zero-order valence-electron chi connectivity index (χ0n) is 15.5. The first-order valence-corrected chi connectivity index (χ1v) is 9.30. The van der Waals surface area contributed by atoms with Gasteiger partial charge in [-0.05, 0) is 30.0 Å². The van der Waals surface area contributed by atoms with Crippen LogP contribution in [-0.4, -0.2) is 37.9 Å². The fraction of sp³-hybridized carbons (Fsp3) is 0.421. The molecule has 0 radical (unpaired) electrons. The van der Waals surface area contributed by atoms with E-state index >= 15 is 0 Å². The van der Waals surface area contributed by atoms with Gasteiger partial charge in [0.25, 0.3) is 0 Å². The summed E-state index contributed by atoms with van der Waals surface area (Å²) in [5, 5.41) is 9.49. The minimum absolute atomic E-state index is 0.0580. The molecule has 2 heterocycles. The summed E-state index contributed by atoms with van der Waals surface area (Å²) in [5.74, 6) is -0.157. The minimum Gasteiger partial charge on any atom is -0.475 e. The fourth-order valence-electron chi connectivity index (χ4n) is 3.44. The predicted octanol–water partition coefficient (Wildman–Crippen LogP) is 3.26. The first-order valence-electron chi connectivity index (χ1n) is 9.30. The molecule has 29 heavy (non-hydrogen) atoms. The number of carboxylic acid groups (broad SMARTS) is 1. The van der Waals surface area contributed by atoms with Crippen molar-refractivity contribution in [1.82, 2.24) is 14.5 Å². The SMILES string of the molecule is Nc1nc2c(n1Cc1ccc(C(F)(F)F)cc1)CN(CCC1CC1)C(C(=O)O)=N2. The largest absolute Gasteiger partial charge is 0.475 e. The number of fused-ring (bicyclic) bond motifs is 1. The van der Waals surface area contributed by atoms with Gasteiger partial charge in [-0.1, -0.05) is 25.0 Å². The quantitative estimate of drug-likeness (QED) is 0.766. The van der Waals surface area contributed by atoms with Crippen molar-refractivity contribution in [3.8, 4) is 0 Å². The molecule has 1 aliphatic heterocycles. The molecule has 1 saturated carbocycles. The van der Waals surface area contributed by atoms with Crippen LogP contribution in [0.4, 0.5) is 24.9 Å². The first kappa shape index (κ1) is 19.3. The second-order valence-electron chi connectivity index (χ2n) is 7.42. The number of aromatic nitrogens is 2. The molecule has 0 atom stereocenters. The molecular formula is C19H20F3N5O2. The van der Waals surface area contributed by atoms with Crippen molar-refractivity contribution >= 4 is 23.6 Å². The van der Waals surface area contributed by atoms with Gasteiger partial charge in [-0.25, -0.2) is 9.79 Å². The van der Waals surface area contributed by atoms with Crippen LogP contribution in [0.2, 0.25) is 0 Å². The second-order valence-corrected chi connectivity index (χ2v) is 7.42. The highest BCUT2D eigenvalue weighted by atomic mass is 19.4. The van der Waals surface area contributed by atoms with E-state index < -0.39 is 17.7 Å². The van der Waals surface area contributed by atoms with Crippen molar-refractivity contribution in [3.05, 3.63) is 41.1 Å². The number of amidine groups is 1. The number of nitrogens with two attached hydrogens (primary N) is 1. The number of anilines is 1. The van der Waals surface area contributed by atoms with E-state index in [-0.39, 0.29) is 30.7 Å². The van der Waals surface area contributed by atoms with Crippen molar-refractivity contribution in [2.24, 2.45) is 10.9 Å². The topological polar surface area (TPSA) is 96.7 Å². The molecule has 0 spiro atoms. The van der Waals surface area contributed by atoms with Crippen LogP contribution in [0.15, 0.2) is 29.3 Å². The summed E-state index contributed by atoms with van der Waals surface area (Å²) in [6.07, 6.45) is -1.17. The van der Waals surface area contributed by atoms with Crippen LogP contribution in [0.5, 0.6) is 0 Å². The smallest absolute Gasteiger partial charge is 0.416 e. The molecule has 1 aromatic heterocycles. The van der Waals surface area contributed by atoms with Gasteiger partial charge in [-0.2, -0.15) is 18.2 Å². The number of nitrogens with zero attached hydrogens (tertiary/aromatic N) is 4. The summed E-state index contributed by atoms with van der Waals surface area (Å²) in [7, 11) is 0. The Morgan fingerprint density at radius 1 is 1.24 bits per heavy atom. The first-order chi connectivity index (χ1) is 13.7. The van der Waals surface area contributed by atoms with Gasteiger partial charge in [0.05, 0.1) is 24.3 Å². The van der Waals surface area contributed by atoms with Gasteiger partial charge < -0.3 is 20.3 Å². The van der Waals surface area contributed by atoms with Crippen molar-refractivity contribution in [1.29, 1.82) is 0 Å². The second kappa shape index (κ2) is 7.09. The summed E-state index contributed by atoms with van der Waals surface area (Å²) in [6.45, 7) is 1.08. The lowest BCUT2D eigenvalue weighted by Gasteiger charge is -2.27. The number of halogens is 3. The molecule has 3 N–H and O–H groups in total. The molecule has 1 aliphatic carbocycles. The lowest BCUT2D eigenvalue weighted by atomic mass is 10.1. The molecule has 0 bridgehead atoms. The third-order valence-electron chi connectivity index (χ3n) is 5.25. The number of aliphatic carboxylic acids is 1. The maximum atomic E-state index is 12.8. The summed E-state index contributed by atoms with van der Waals surface area (Å²) >= 11 is 0. The van der Waals surface area contributed by atoms with Crippen molar-refractivity contribution in [2.45, 2.75) is 38.5 Å². The summed E-state index contributed by atoms with van der Waals surface area (Å²) in [6, 6.07) is 4.84. The maximum Gasteiger partial charge on any atom is 0.416 e. The number of carboxylic acids is 1. The number of rotatable bonds is 6. The fourth-order valence-corrected chi connectivity index (χ4v) is 3.44. The van der Waals surface area contributed by atoms with Crippen LogP contribution >= 0.6 is 0 Å². The molecule has 7 nitrogen and oxygen atoms in total. The highest BCUT2D eigenvalue weighted by molar-refractivity contribution is 6.35. The number of nitrogen functional groups attached to an aromatic ring is 1. The number of hydrogen-bond donors (Lipinski definition) is 2. The molecular weight excluding hydrogens is 387 g/mol. The zero-order chi connectivity index (χ0) is 20.8. The summed E-state index contributed by atoms with van der Waals surface area (Å²) < 4.78 is 40.0. The van der Waals surface area contributed by atoms with Crippen molar-refractivity contribution < 1.29 is 23.1 Å². The average molecular weight is 407 g/mol. The number of carbonyl (C=O) groups is 1. The van der Waals surface area contributed by atoms with Crippen LogP contribution < -0.4 is 5.73 Å². The third-order valence-corrected chi connectivity index (χ3v) is 5.25. The number of imidazole rings is 1. The summed E-state index contributed by atoms with van der Waals surface area (Å²) in [4.78, 5) is 21.6. The Labute approximate surface area is 164 Å². The number of aliphatic imine (C=N–C) groups is 1. The zero-order valence-corrected chi connectivity index (χ0v) is 15.5. The van der Waals surface area contributed by atoms with Crippen LogP contribution in [0, 0.1) is 5.92 Å². The Balaban J connectivity index is 1.59.